The average molecular weight is 338 g/mol. The van der Waals surface area contributed by atoms with Gasteiger partial charge in [0.25, 0.3) is 5.91 Å². The molecule has 3 aromatic rings. The van der Waals surface area contributed by atoms with Gasteiger partial charge in [-0.15, -0.1) is 0 Å². The number of nitrogens with one attached hydrogen (secondary N) is 1. The molecule has 1 unspecified atom stereocenters. The van der Waals surface area contributed by atoms with Crippen LogP contribution < -0.4 is 10.6 Å². The fourth-order valence-corrected chi connectivity index (χ4v) is 3.44. The van der Waals surface area contributed by atoms with Gasteiger partial charge in [0, 0.05) is 25.0 Å². The predicted octanol–water partition coefficient (Wildman–Crippen LogP) is 1.22. The summed E-state index contributed by atoms with van der Waals surface area (Å²) < 4.78 is 1.48. The van der Waals surface area contributed by atoms with Crippen LogP contribution in [0.5, 0.6) is 0 Å². The number of benzene rings is 1. The highest BCUT2D eigenvalue weighted by atomic mass is 16.3. The smallest absolute Gasteiger partial charge is 0.326 e. The van der Waals surface area contributed by atoms with Gasteiger partial charge < -0.3 is 15.0 Å². The maximum Gasteiger partial charge on any atom is 0.326 e. The lowest BCUT2D eigenvalue weighted by atomic mass is 9.96. The van der Waals surface area contributed by atoms with Crippen LogP contribution in [0.4, 0.5) is 5.69 Å². The number of rotatable bonds is 2. The number of anilines is 1. The molecule has 1 atom stereocenters. The minimum atomic E-state index is -0.270. The molecular formula is C18H18N4O3. The van der Waals surface area contributed by atoms with Gasteiger partial charge in [-0.1, -0.05) is 0 Å². The van der Waals surface area contributed by atoms with Crippen LogP contribution >= 0.6 is 0 Å². The highest BCUT2D eigenvalue weighted by molar-refractivity contribution is 6.08. The molecule has 7 heteroatoms. The van der Waals surface area contributed by atoms with E-state index in [9.17, 15) is 14.7 Å². The van der Waals surface area contributed by atoms with Crippen molar-refractivity contribution in [2.45, 2.75) is 18.9 Å². The molecule has 0 spiro atoms. The molecule has 7 nitrogen and oxygen atoms in total. The molecule has 25 heavy (non-hydrogen) atoms. The number of fused-ring (bicyclic) bond motifs is 2. The number of imidazole rings is 1. The van der Waals surface area contributed by atoms with Crippen LogP contribution in [0.3, 0.4) is 0 Å². The number of aliphatic hydroxyl groups is 1. The van der Waals surface area contributed by atoms with Crippen LogP contribution in [0, 0.1) is 0 Å². The van der Waals surface area contributed by atoms with Gasteiger partial charge in [0.2, 0.25) is 0 Å². The Labute approximate surface area is 143 Å². The molecule has 0 aliphatic carbocycles. The van der Waals surface area contributed by atoms with Crippen molar-refractivity contribution < 1.29 is 9.90 Å². The Morgan fingerprint density at radius 1 is 1.40 bits per heavy atom. The fraction of sp³-hybridized carbons (Fsp3) is 0.278. The van der Waals surface area contributed by atoms with Crippen molar-refractivity contribution in [1.29, 1.82) is 0 Å². The summed E-state index contributed by atoms with van der Waals surface area (Å²) in [5.41, 5.74) is 3.39. The highest BCUT2D eigenvalue weighted by Crippen LogP contribution is 2.31. The zero-order valence-electron chi connectivity index (χ0n) is 13.8. The van der Waals surface area contributed by atoms with Gasteiger partial charge in [-0.2, -0.15) is 0 Å². The number of aromatic nitrogens is 3. The molecule has 0 bridgehead atoms. The number of pyridine rings is 1. The minimum absolute atomic E-state index is 0.0988. The standard InChI is InChI=1S/C18H18N4O3/c1-21-16-8-11(3-5-14(16)20-18(21)25)17(24)22-13(10-23)4-2-12-9-19-7-6-15(12)22/h3,5-9,13,23H,2,4,10H2,1H3,(H,20,25). The normalized spacial score (nSPS) is 16.9. The highest BCUT2D eigenvalue weighted by Gasteiger charge is 2.31. The summed E-state index contributed by atoms with van der Waals surface area (Å²) in [5.74, 6) is -0.193. The number of hydrogen-bond acceptors (Lipinski definition) is 4. The van der Waals surface area contributed by atoms with Crippen LogP contribution in [0.1, 0.15) is 22.3 Å². The second kappa shape index (κ2) is 5.86. The molecule has 0 saturated carbocycles. The molecule has 2 N–H and O–H groups in total. The predicted molar refractivity (Wildman–Crippen MR) is 93.8 cm³/mol. The zero-order valence-corrected chi connectivity index (χ0v) is 13.8. The van der Waals surface area contributed by atoms with E-state index < -0.39 is 0 Å². The molecular weight excluding hydrogens is 320 g/mol. The first-order valence-electron chi connectivity index (χ1n) is 8.16. The average Bonchev–Trinajstić information content (AvgIpc) is 2.93. The largest absolute Gasteiger partial charge is 0.394 e. The molecule has 0 fully saturated rings. The lowest BCUT2D eigenvalue weighted by Gasteiger charge is -2.36. The number of nitrogens with zero attached hydrogens (tertiary/aromatic N) is 3. The maximum atomic E-state index is 13.2. The first-order chi connectivity index (χ1) is 12.1. The van der Waals surface area contributed by atoms with Crippen LogP contribution in [0.2, 0.25) is 0 Å². The number of amides is 1. The summed E-state index contributed by atoms with van der Waals surface area (Å²) in [7, 11) is 1.66. The van der Waals surface area contributed by atoms with Crippen molar-refractivity contribution in [2.24, 2.45) is 7.05 Å². The number of hydrogen-bond donors (Lipinski definition) is 2. The van der Waals surface area contributed by atoms with Gasteiger partial charge in [0.15, 0.2) is 0 Å². The molecule has 1 aliphatic rings. The van der Waals surface area contributed by atoms with Crippen molar-refractivity contribution in [3.05, 3.63) is 58.3 Å². The zero-order chi connectivity index (χ0) is 17.6. The number of carbonyl (C=O) groups excluding carboxylic acids is 1. The number of carbonyl (C=O) groups is 1. The minimum Gasteiger partial charge on any atom is -0.394 e. The van der Waals surface area contributed by atoms with Crippen molar-refractivity contribution in [3.8, 4) is 0 Å². The van der Waals surface area contributed by atoms with E-state index in [1.54, 1.807) is 48.6 Å². The second-order valence-corrected chi connectivity index (χ2v) is 6.28. The summed E-state index contributed by atoms with van der Waals surface area (Å²) in [4.78, 5) is 33.5. The molecule has 1 aliphatic heterocycles. The van der Waals surface area contributed by atoms with Gasteiger partial charge in [-0.05, 0) is 42.7 Å². The Morgan fingerprint density at radius 2 is 2.24 bits per heavy atom. The summed E-state index contributed by atoms with van der Waals surface area (Å²) in [5, 5.41) is 9.74. The van der Waals surface area contributed by atoms with Crippen LogP contribution in [-0.2, 0) is 13.5 Å². The molecule has 3 heterocycles. The third-order valence-corrected chi connectivity index (χ3v) is 4.83. The summed E-state index contributed by atoms with van der Waals surface area (Å²) in [6.07, 6.45) is 4.88. The Balaban J connectivity index is 1.81. The first kappa shape index (κ1) is 15.6. The molecule has 1 aromatic carbocycles. The second-order valence-electron chi connectivity index (χ2n) is 6.28. The number of H-pyrrole nitrogens is 1. The number of aromatic amines is 1. The van der Waals surface area contributed by atoms with E-state index in [0.717, 1.165) is 17.7 Å². The maximum absolute atomic E-state index is 13.2. The first-order valence-corrected chi connectivity index (χ1v) is 8.16. The Kier molecular flexibility index (Phi) is 3.65. The molecule has 128 valence electrons. The van der Waals surface area contributed by atoms with Gasteiger partial charge >= 0.3 is 5.69 Å². The summed E-state index contributed by atoms with van der Waals surface area (Å²) in [6, 6.07) is 6.67. The third kappa shape index (κ3) is 2.44. The van der Waals surface area contributed by atoms with E-state index in [1.165, 1.54) is 4.57 Å². The van der Waals surface area contributed by atoms with E-state index >= 15 is 0 Å². The van der Waals surface area contributed by atoms with E-state index in [0.29, 0.717) is 23.0 Å². The molecule has 0 saturated heterocycles. The topological polar surface area (TPSA) is 91.2 Å². The fourth-order valence-electron chi connectivity index (χ4n) is 3.44. The summed E-state index contributed by atoms with van der Waals surface area (Å²) in [6.45, 7) is -0.0988. The lowest BCUT2D eigenvalue weighted by molar-refractivity contribution is 0.0958. The number of aliphatic hydroxyl groups excluding tert-OH is 1. The summed E-state index contributed by atoms with van der Waals surface area (Å²) >= 11 is 0. The van der Waals surface area contributed by atoms with Crippen molar-refractivity contribution in [2.75, 3.05) is 11.5 Å². The number of aryl methyl sites for hydroxylation is 2. The molecule has 2 aromatic heterocycles. The Morgan fingerprint density at radius 3 is 3.04 bits per heavy atom. The van der Waals surface area contributed by atoms with Crippen molar-refractivity contribution in [3.63, 3.8) is 0 Å². The monoisotopic (exact) mass is 338 g/mol. The Hall–Kier alpha value is -2.93. The van der Waals surface area contributed by atoms with Crippen LogP contribution in [0.25, 0.3) is 11.0 Å². The van der Waals surface area contributed by atoms with E-state index in [1.807, 2.05) is 0 Å². The van der Waals surface area contributed by atoms with Gasteiger partial charge in [-0.25, -0.2) is 4.79 Å². The van der Waals surface area contributed by atoms with Crippen LogP contribution in [-0.4, -0.2) is 38.2 Å². The quantitative estimate of drug-likeness (QED) is 0.735. The lowest BCUT2D eigenvalue weighted by Crippen LogP contribution is -2.45. The van der Waals surface area contributed by atoms with Crippen molar-refractivity contribution in [1.82, 2.24) is 14.5 Å². The van der Waals surface area contributed by atoms with E-state index in [4.69, 9.17) is 0 Å². The van der Waals surface area contributed by atoms with Crippen LogP contribution in [0.15, 0.2) is 41.5 Å². The SMILES string of the molecule is Cn1c(=O)[nH]c2ccc(C(=O)N3c4ccncc4CCC3CO)cc21. The third-order valence-electron chi connectivity index (χ3n) is 4.83. The molecule has 4 rings (SSSR count). The van der Waals surface area contributed by atoms with Crippen molar-refractivity contribution >= 4 is 22.6 Å². The van der Waals surface area contributed by atoms with Gasteiger partial charge in [-0.3, -0.25) is 14.3 Å². The Bertz CT molecular complexity index is 1020. The van der Waals surface area contributed by atoms with E-state index in [2.05, 4.69) is 9.97 Å². The molecule has 1 amide bonds. The van der Waals surface area contributed by atoms with Gasteiger partial charge in [0.05, 0.1) is 29.4 Å². The van der Waals surface area contributed by atoms with Gasteiger partial charge in [0.1, 0.15) is 0 Å². The molecule has 0 radical (unpaired) electrons. The van der Waals surface area contributed by atoms with E-state index in [-0.39, 0.29) is 24.2 Å².